The van der Waals surface area contributed by atoms with E-state index < -0.39 is 10.0 Å². The number of nitrogens with zero attached hydrogens (tertiary/aromatic N) is 1. The van der Waals surface area contributed by atoms with E-state index in [9.17, 15) is 8.42 Å². The average Bonchev–Trinajstić information content (AvgIpc) is 2.77. The Morgan fingerprint density at radius 3 is 2.61 bits per heavy atom. The van der Waals surface area contributed by atoms with Crippen molar-refractivity contribution in [3.8, 4) is 0 Å². The van der Waals surface area contributed by atoms with Crippen LogP contribution in [0.4, 0.5) is 11.4 Å². The SMILES string of the molecule is Nc1cc(Br)cc(Br)c1NS(=O)(=O)c1ccn[nH]1. The first-order chi connectivity index (χ1) is 8.40. The fraction of sp³-hybridized carbons (Fsp3) is 0. The molecule has 2 aromatic rings. The number of hydrogen-bond donors (Lipinski definition) is 3. The molecule has 0 bridgehead atoms. The predicted molar refractivity (Wildman–Crippen MR) is 75.7 cm³/mol. The van der Waals surface area contributed by atoms with E-state index >= 15 is 0 Å². The van der Waals surface area contributed by atoms with E-state index in [2.05, 4.69) is 46.8 Å². The van der Waals surface area contributed by atoms with Crippen molar-refractivity contribution >= 4 is 53.3 Å². The van der Waals surface area contributed by atoms with Crippen LogP contribution in [0.3, 0.4) is 0 Å². The minimum absolute atomic E-state index is 0.0308. The first-order valence-corrected chi connectivity index (χ1v) is 7.74. The minimum atomic E-state index is -3.72. The van der Waals surface area contributed by atoms with E-state index in [1.54, 1.807) is 12.1 Å². The monoisotopic (exact) mass is 394 g/mol. The van der Waals surface area contributed by atoms with E-state index in [0.717, 1.165) is 4.47 Å². The third kappa shape index (κ3) is 2.68. The van der Waals surface area contributed by atoms with Crippen LogP contribution in [0.2, 0.25) is 0 Å². The summed E-state index contributed by atoms with van der Waals surface area (Å²) in [4.78, 5) is 0. The van der Waals surface area contributed by atoms with Gasteiger partial charge in [0.15, 0.2) is 5.03 Å². The Hall–Kier alpha value is -1.06. The molecule has 1 aromatic carbocycles. The van der Waals surface area contributed by atoms with Gasteiger partial charge in [-0.15, -0.1) is 0 Å². The van der Waals surface area contributed by atoms with Crippen molar-refractivity contribution in [1.82, 2.24) is 10.2 Å². The van der Waals surface area contributed by atoms with Crippen LogP contribution >= 0.6 is 31.9 Å². The molecule has 0 amide bonds. The highest BCUT2D eigenvalue weighted by Crippen LogP contribution is 2.33. The Morgan fingerprint density at radius 2 is 2.06 bits per heavy atom. The van der Waals surface area contributed by atoms with Gasteiger partial charge in [-0.2, -0.15) is 13.5 Å². The zero-order valence-electron chi connectivity index (χ0n) is 8.81. The Kier molecular flexibility index (Phi) is 3.64. The third-order valence-electron chi connectivity index (χ3n) is 2.09. The van der Waals surface area contributed by atoms with Crippen LogP contribution in [0.1, 0.15) is 0 Å². The zero-order valence-corrected chi connectivity index (χ0v) is 12.8. The number of H-pyrrole nitrogens is 1. The average molecular weight is 396 g/mol. The summed E-state index contributed by atoms with van der Waals surface area (Å²) >= 11 is 6.51. The molecule has 1 heterocycles. The largest absolute Gasteiger partial charge is 0.397 e. The van der Waals surface area contributed by atoms with Crippen LogP contribution in [0, 0.1) is 0 Å². The number of aromatic nitrogens is 2. The second-order valence-corrected chi connectivity index (χ2v) is 6.80. The van der Waals surface area contributed by atoms with E-state index in [1.165, 1.54) is 12.3 Å². The summed E-state index contributed by atoms with van der Waals surface area (Å²) in [5.74, 6) is 0. The number of rotatable bonds is 3. The minimum Gasteiger partial charge on any atom is -0.397 e. The summed E-state index contributed by atoms with van der Waals surface area (Å²) in [7, 11) is -3.72. The molecule has 0 saturated heterocycles. The zero-order chi connectivity index (χ0) is 13.3. The summed E-state index contributed by atoms with van der Waals surface area (Å²) < 4.78 is 27.6. The number of anilines is 2. The molecule has 18 heavy (non-hydrogen) atoms. The second-order valence-electron chi connectivity index (χ2n) is 3.38. The van der Waals surface area contributed by atoms with Crippen LogP contribution in [0.25, 0.3) is 0 Å². The van der Waals surface area contributed by atoms with Crippen molar-refractivity contribution in [2.45, 2.75) is 5.03 Å². The predicted octanol–water partition coefficient (Wildman–Crippen LogP) is 2.32. The molecule has 9 heteroatoms. The number of nitrogen functional groups attached to an aromatic ring is 1. The van der Waals surface area contributed by atoms with Gasteiger partial charge in [-0.1, -0.05) is 15.9 Å². The fourth-order valence-corrected chi connectivity index (χ4v) is 3.79. The van der Waals surface area contributed by atoms with E-state index in [0.29, 0.717) is 10.2 Å². The van der Waals surface area contributed by atoms with Gasteiger partial charge in [0.05, 0.1) is 17.6 Å². The summed E-state index contributed by atoms with van der Waals surface area (Å²) in [6, 6.07) is 4.65. The van der Waals surface area contributed by atoms with E-state index in [4.69, 9.17) is 5.73 Å². The Labute approximate surface area is 120 Å². The molecule has 96 valence electrons. The highest BCUT2D eigenvalue weighted by molar-refractivity contribution is 9.11. The van der Waals surface area contributed by atoms with Gasteiger partial charge >= 0.3 is 0 Å². The number of nitrogens with one attached hydrogen (secondary N) is 2. The fourth-order valence-electron chi connectivity index (χ4n) is 1.28. The molecule has 2 rings (SSSR count). The molecule has 0 aliphatic carbocycles. The molecule has 6 nitrogen and oxygen atoms in total. The molecule has 0 saturated carbocycles. The number of hydrogen-bond acceptors (Lipinski definition) is 4. The van der Waals surface area contributed by atoms with Gasteiger partial charge in [-0.25, -0.2) is 0 Å². The molecule has 0 fully saturated rings. The molecule has 4 N–H and O–H groups in total. The molecule has 0 spiro atoms. The lowest BCUT2D eigenvalue weighted by Gasteiger charge is -2.11. The van der Waals surface area contributed by atoms with Gasteiger partial charge in [-0.05, 0) is 34.1 Å². The van der Waals surface area contributed by atoms with Gasteiger partial charge < -0.3 is 5.73 Å². The number of aromatic amines is 1. The summed E-state index contributed by atoms with van der Waals surface area (Å²) in [6.45, 7) is 0. The van der Waals surface area contributed by atoms with Crippen molar-refractivity contribution in [1.29, 1.82) is 0 Å². The maximum absolute atomic E-state index is 12.0. The summed E-state index contributed by atoms with van der Waals surface area (Å²) in [5.41, 5.74) is 6.36. The van der Waals surface area contributed by atoms with Crippen molar-refractivity contribution in [3.63, 3.8) is 0 Å². The second kappa shape index (κ2) is 4.90. The first kappa shape index (κ1) is 13.4. The van der Waals surface area contributed by atoms with Gasteiger partial charge in [0, 0.05) is 8.95 Å². The van der Waals surface area contributed by atoms with Crippen molar-refractivity contribution in [2.24, 2.45) is 0 Å². The van der Waals surface area contributed by atoms with Crippen LogP contribution in [0.5, 0.6) is 0 Å². The Bertz CT molecular complexity index is 647. The van der Waals surface area contributed by atoms with Gasteiger partial charge in [-0.3, -0.25) is 9.82 Å². The van der Waals surface area contributed by atoms with Crippen molar-refractivity contribution in [3.05, 3.63) is 33.3 Å². The number of nitrogens with two attached hydrogens (primary N) is 1. The Balaban J connectivity index is 2.42. The van der Waals surface area contributed by atoms with Crippen LogP contribution < -0.4 is 10.5 Å². The quantitative estimate of drug-likeness (QED) is 0.694. The van der Waals surface area contributed by atoms with E-state index in [-0.39, 0.29) is 10.7 Å². The highest BCUT2D eigenvalue weighted by atomic mass is 79.9. The molecule has 0 aliphatic heterocycles. The van der Waals surface area contributed by atoms with Gasteiger partial charge in [0.25, 0.3) is 10.0 Å². The highest BCUT2D eigenvalue weighted by Gasteiger charge is 2.18. The topological polar surface area (TPSA) is 101 Å². The number of benzene rings is 1. The van der Waals surface area contributed by atoms with Crippen LogP contribution in [-0.2, 0) is 10.0 Å². The summed E-state index contributed by atoms with van der Waals surface area (Å²) in [5, 5.41) is 5.95. The maximum atomic E-state index is 12.0. The van der Waals surface area contributed by atoms with Crippen molar-refractivity contribution in [2.75, 3.05) is 10.5 Å². The van der Waals surface area contributed by atoms with Gasteiger partial charge in [0.2, 0.25) is 0 Å². The first-order valence-electron chi connectivity index (χ1n) is 4.67. The standard InChI is InChI=1S/C9H8Br2N4O2S/c10-5-3-6(11)9(7(12)4-5)15-18(16,17)8-1-2-13-14-8/h1-4,15H,12H2,(H,13,14). The molecule has 1 aromatic heterocycles. The Morgan fingerprint density at radius 1 is 1.33 bits per heavy atom. The lowest BCUT2D eigenvalue weighted by atomic mass is 10.3. The normalized spacial score (nSPS) is 11.4. The van der Waals surface area contributed by atoms with Crippen molar-refractivity contribution < 1.29 is 8.42 Å². The molecule has 0 aliphatic rings. The molecule has 0 atom stereocenters. The van der Waals surface area contributed by atoms with Crippen LogP contribution in [0.15, 0.2) is 38.4 Å². The van der Waals surface area contributed by atoms with E-state index in [1.807, 2.05) is 0 Å². The molecular weight excluding hydrogens is 388 g/mol. The summed E-state index contributed by atoms with van der Waals surface area (Å²) in [6.07, 6.45) is 1.36. The third-order valence-corrected chi connectivity index (χ3v) is 4.45. The molecule has 0 radical (unpaired) electrons. The maximum Gasteiger partial charge on any atom is 0.278 e. The van der Waals surface area contributed by atoms with Crippen LogP contribution in [-0.4, -0.2) is 18.6 Å². The molecule has 0 unspecified atom stereocenters. The lowest BCUT2D eigenvalue weighted by molar-refractivity contribution is 0.597. The van der Waals surface area contributed by atoms with Gasteiger partial charge in [0.1, 0.15) is 0 Å². The number of halogens is 2. The molecular formula is C9H8Br2N4O2S. The lowest BCUT2D eigenvalue weighted by Crippen LogP contribution is -2.15. The smallest absolute Gasteiger partial charge is 0.278 e. The number of sulfonamides is 1.